The molecule has 3 fully saturated rings. The van der Waals surface area contributed by atoms with E-state index in [1.165, 1.54) is 22.3 Å². The number of carbonyl (C=O) groups is 3. The Bertz CT molecular complexity index is 1140. The predicted octanol–water partition coefficient (Wildman–Crippen LogP) is 4.02. The summed E-state index contributed by atoms with van der Waals surface area (Å²) >= 11 is 0. The third-order valence-electron chi connectivity index (χ3n) is 8.63. The molecular weight excluding hydrogens is 444 g/mol. The first-order chi connectivity index (χ1) is 17.0. The number of hydrogen-bond acceptors (Lipinski definition) is 4. The van der Waals surface area contributed by atoms with Crippen LogP contribution in [-0.4, -0.2) is 53.7 Å². The number of rotatable bonds is 5. The van der Waals surface area contributed by atoms with E-state index in [0.29, 0.717) is 32.4 Å². The van der Waals surface area contributed by atoms with Crippen LogP contribution in [0.1, 0.15) is 49.1 Å². The van der Waals surface area contributed by atoms with Gasteiger partial charge in [0.15, 0.2) is 0 Å². The minimum absolute atomic E-state index is 0.00737. The molecule has 182 valence electrons. The maximum atomic E-state index is 12.9. The average molecular weight is 475 g/mol. The number of nitrogens with zero attached hydrogens (tertiary/aromatic N) is 1. The van der Waals surface area contributed by atoms with Gasteiger partial charge in [-0.25, -0.2) is 4.79 Å². The first-order valence-electron chi connectivity index (χ1n) is 12.6. The largest absolute Gasteiger partial charge is 0.481 e. The molecule has 1 aliphatic heterocycles. The second kappa shape index (κ2) is 8.40. The van der Waals surface area contributed by atoms with Gasteiger partial charge in [-0.3, -0.25) is 9.59 Å². The van der Waals surface area contributed by atoms with Crippen LogP contribution >= 0.6 is 0 Å². The molecule has 0 radical (unpaired) electrons. The summed E-state index contributed by atoms with van der Waals surface area (Å²) in [7, 11) is 0. The second-order valence-corrected chi connectivity index (χ2v) is 10.6. The average Bonchev–Trinajstić information content (AvgIpc) is 3.30. The van der Waals surface area contributed by atoms with Crippen LogP contribution in [0.15, 0.2) is 48.5 Å². The van der Waals surface area contributed by atoms with Gasteiger partial charge in [-0.15, -0.1) is 0 Å². The van der Waals surface area contributed by atoms with E-state index >= 15 is 0 Å². The van der Waals surface area contributed by atoms with Crippen LogP contribution in [0.5, 0.6) is 0 Å². The lowest BCUT2D eigenvalue weighted by molar-refractivity contribution is -0.144. The molecule has 7 nitrogen and oxygen atoms in total. The van der Waals surface area contributed by atoms with Gasteiger partial charge in [0.1, 0.15) is 6.61 Å². The Morgan fingerprint density at radius 2 is 1.60 bits per heavy atom. The van der Waals surface area contributed by atoms with E-state index < -0.39 is 17.5 Å². The van der Waals surface area contributed by atoms with Crippen molar-refractivity contribution in [3.8, 4) is 11.1 Å². The zero-order valence-electron chi connectivity index (χ0n) is 19.6. The van der Waals surface area contributed by atoms with Gasteiger partial charge in [0.25, 0.3) is 0 Å². The predicted molar refractivity (Wildman–Crippen MR) is 129 cm³/mol. The molecule has 2 aromatic rings. The molecule has 2 saturated carbocycles. The molecule has 6 rings (SSSR count). The number of fused-ring (bicyclic) bond motifs is 4. The van der Waals surface area contributed by atoms with Crippen LogP contribution in [0.25, 0.3) is 11.1 Å². The van der Waals surface area contributed by atoms with Crippen LogP contribution in [-0.2, 0) is 14.3 Å². The van der Waals surface area contributed by atoms with Gasteiger partial charge >= 0.3 is 12.1 Å². The molecule has 2 N–H and O–H groups in total. The summed E-state index contributed by atoms with van der Waals surface area (Å²) in [6, 6.07) is 16.5. The molecule has 1 heterocycles. The summed E-state index contributed by atoms with van der Waals surface area (Å²) in [5.41, 5.74) is 4.09. The molecule has 0 spiro atoms. The van der Waals surface area contributed by atoms with E-state index in [0.717, 1.165) is 12.8 Å². The minimum Gasteiger partial charge on any atom is -0.481 e. The van der Waals surface area contributed by atoms with Crippen molar-refractivity contribution in [1.29, 1.82) is 0 Å². The van der Waals surface area contributed by atoms with Crippen molar-refractivity contribution >= 4 is 18.0 Å². The van der Waals surface area contributed by atoms with E-state index in [4.69, 9.17) is 4.74 Å². The van der Waals surface area contributed by atoms with Gasteiger partial charge in [-0.1, -0.05) is 48.5 Å². The number of benzene rings is 2. The highest BCUT2D eigenvalue weighted by molar-refractivity contribution is 5.85. The van der Waals surface area contributed by atoms with E-state index in [1.54, 1.807) is 4.90 Å². The third-order valence-corrected chi connectivity index (χ3v) is 8.63. The number of carbonyl (C=O) groups excluding carboxylic acids is 2. The van der Waals surface area contributed by atoms with Crippen LogP contribution in [0.4, 0.5) is 4.79 Å². The lowest BCUT2D eigenvalue weighted by atomic mass is 9.85. The quantitative estimate of drug-likeness (QED) is 0.683. The molecule has 7 heteroatoms. The summed E-state index contributed by atoms with van der Waals surface area (Å²) in [5, 5.41) is 12.5. The molecule has 2 atom stereocenters. The first kappa shape index (κ1) is 22.1. The Balaban J connectivity index is 0.992. The van der Waals surface area contributed by atoms with Gasteiger partial charge in [-0.2, -0.15) is 0 Å². The Kier molecular flexibility index (Phi) is 5.31. The van der Waals surface area contributed by atoms with Crippen molar-refractivity contribution in [2.45, 2.75) is 44.1 Å². The number of likely N-dealkylation sites (tertiary alicyclic amines) is 1. The minimum atomic E-state index is -0.770. The third kappa shape index (κ3) is 3.77. The van der Waals surface area contributed by atoms with Crippen LogP contribution in [0, 0.1) is 17.3 Å². The topological polar surface area (TPSA) is 95.9 Å². The van der Waals surface area contributed by atoms with Crippen molar-refractivity contribution in [2.75, 3.05) is 19.7 Å². The van der Waals surface area contributed by atoms with E-state index in [9.17, 15) is 19.5 Å². The van der Waals surface area contributed by atoms with E-state index in [1.807, 2.05) is 24.3 Å². The fraction of sp³-hybridized carbons (Fsp3) is 0.464. The highest BCUT2D eigenvalue weighted by Gasteiger charge is 2.66. The molecule has 2 aromatic carbocycles. The summed E-state index contributed by atoms with van der Waals surface area (Å²) in [6.07, 6.45) is 3.14. The fourth-order valence-corrected chi connectivity index (χ4v) is 6.53. The number of alkyl carbamates (subject to hydrolysis) is 1. The highest BCUT2D eigenvalue weighted by Crippen LogP contribution is 2.58. The van der Waals surface area contributed by atoms with Gasteiger partial charge in [0, 0.05) is 31.0 Å². The Morgan fingerprint density at radius 3 is 2.20 bits per heavy atom. The molecule has 4 aliphatic rings. The van der Waals surface area contributed by atoms with Crippen LogP contribution < -0.4 is 5.32 Å². The molecular formula is C28H30N2O5. The molecule has 3 aliphatic carbocycles. The number of aliphatic carboxylic acids is 1. The molecule has 35 heavy (non-hydrogen) atoms. The fourth-order valence-electron chi connectivity index (χ4n) is 6.53. The smallest absolute Gasteiger partial charge is 0.407 e. The summed E-state index contributed by atoms with van der Waals surface area (Å²) < 4.78 is 5.67. The standard InChI is InChI=1S/C28H30N2O5/c31-25(30-14-18-13-28(18,16-30)26(32)33)17-9-11-19(12-10-17)29-27(34)35-15-24-22-7-3-1-5-20(22)21-6-2-4-8-23(21)24/h1-8,17-19,24H,9-16H2,(H,29,34)(H,32,33). The number of nitrogens with one attached hydrogen (secondary N) is 1. The van der Waals surface area contributed by atoms with Gasteiger partial charge < -0.3 is 20.1 Å². The number of carboxylic acids is 1. The normalized spacial score (nSPS) is 28.6. The van der Waals surface area contributed by atoms with Gasteiger partial charge in [-0.05, 0) is 60.3 Å². The van der Waals surface area contributed by atoms with Crippen molar-refractivity contribution < 1.29 is 24.2 Å². The van der Waals surface area contributed by atoms with E-state index in [2.05, 4.69) is 29.6 Å². The van der Waals surface area contributed by atoms with E-state index in [-0.39, 0.29) is 36.3 Å². The molecule has 2 amide bonds. The second-order valence-electron chi connectivity index (χ2n) is 10.6. The van der Waals surface area contributed by atoms with Crippen molar-refractivity contribution in [3.63, 3.8) is 0 Å². The summed E-state index contributed by atoms with van der Waals surface area (Å²) in [4.78, 5) is 38.8. The zero-order chi connectivity index (χ0) is 24.2. The molecule has 0 aromatic heterocycles. The SMILES string of the molecule is O=C(NC1CCC(C(=O)N2CC3CC3(C(=O)O)C2)CC1)OCC1c2ccccc2-c2ccccc21. The summed E-state index contributed by atoms with van der Waals surface area (Å²) in [6.45, 7) is 1.21. The lowest BCUT2D eigenvalue weighted by Gasteiger charge is -2.31. The number of piperidine rings is 1. The van der Waals surface area contributed by atoms with Crippen molar-refractivity contribution in [3.05, 3.63) is 59.7 Å². The van der Waals surface area contributed by atoms with Crippen molar-refractivity contribution in [2.24, 2.45) is 17.3 Å². The van der Waals surface area contributed by atoms with Crippen molar-refractivity contribution in [1.82, 2.24) is 10.2 Å². The lowest BCUT2D eigenvalue weighted by Crippen LogP contribution is -2.43. The Labute approximate surface area is 204 Å². The molecule has 2 unspecified atom stereocenters. The monoisotopic (exact) mass is 474 g/mol. The Hall–Kier alpha value is -3.35. The zero-order valence-corrected chi connectivity index (χ0v) is 19.6. The highest BCUT2D eigenvalue weighted by atomic mass is 16.5. The summed E-state index contributed by atoms with van der Waals surface area (Å²) in [5.74, 6) is -0.622. The van der Waals surface area contributed by atoms with Gasteiger partial charge in [0.2, 0.25) is 5.91 Å². The Morgan fingerprint density at radius 1 is 0.971 bits per heavy atom. The maximum absolute atomic E-state index is 12.9. The van der Waals surface area contributed by atoms with Gasteiger partial charge in [0.05, 0.1) is 5.41 Å². The number of carboxylic acid groups (broad SMARTS) is 1. The number of amides is 2. The van der Waals surface area contributed by atoms with Crippen LogP contribution in [0.3, 0.4) is 0 Å². The first-order valence-corrected chi connectivity index (χ1v) is 12.6. The maximum Gasteiger partial charge on any atom is 0.407 e. The van der Waals surface area contributed by atoms with Crippen LogP contribution in [0.2, 0.25) is 0 Å². The number of ether oxygens (including phenoxy) is 1. The number of hydrogen-bond donors (Lipinski definition) is 2. The molecule has 0 bridgehead atoms. The molecule has 1 saturated heterocycles.